The van der Waals surface area contributed by atoms with E-state index >= 15 is 0 Å². The largest absolute Gasteiger partial charge is 0.399 e. The zero-order valence-electron chi connectivity index (χ0n) is 8.52. The molecule has 7 heteroatoms. The molecule has 0 spiro atoms. The molecule has 3 rings (SSSR count). The highest BCUT2D eigenvalue weighted by Gasteiger charge is 2.12. The molecule has 4 N–H and O–H groups in total. The Balaban J connectivity index is 2.53. The normalized spacial score (nSPS) is 11.1. The van der Waals surface area contributed by atoms with Crippen LogP contribution in [0.5, 0.6) is 0 Å². The Hall–Kier alpha value is -2.70. The number of hydrogen-bond acceptors (Lipinski definition) is 5. The third-order valence-electron chi connectivity index (χ3n) is 2.38. The second-order valence-electron chi connectivity index (χ2n) is 3.58. The lowest BCUT2D eigenvalue weighted by Crippen LogP contribution is -2.26. The van der Waals surface area contributed by atoms with Gasteiger partial charge in [-0.05, 0) is 18.2 Å². The van der Waals surface area contributed by atoms with Crippen molar-refractivity contribution in [3.63, 3.8) is 0 Å². The van der Waals surface area contributed by atoms with Gasteiger partial charge in [0, 0.05) is 5.69 Å². The fourth-order valence-electron chi connectivity index (χ4n) is 1.64. The number of hydrogen-bond donors (Lipinski definition) is 3. The highest BCUT2D eigenvalue weighted by molar-refractivity contribution is 5.81. The SMILES string of the molecule is Nc1ccc2nc3c(=O)[nH]c(=O)nc-3[nH]c2c1. The number of H-pyrrole nitrogens is 2. The van der Waals surface area contributed by atoms with Gasteiger partial charge in [-0.1, -0.05) is 0 Å². The van der Waals surface area contributed by atoms with E-state index in [1.807, 2.05) is 0 Å². The van der Waals surface area contributed by atoms with Crippen LogP contribution in [-0.2, 0) is 0 Å². The van der Waals surface area contributed by atoms with Gasteiger partial charge in [0.25, 0.3) is 5.56 Å². The first-order valence-corrected chi connectivity index (χ1v) is 4.83. The highest BCUT2D eigenvalue weighted by atomic mass is 16.2. The summed E-state index contributed by atoms with van der Waals surface area (Å²) < 4.78 is 0. The van der Waals surface area contributed by atoms with Crippen molar-refractivity contribution in [2.45, 2.75) is 0 Å². The first-order valence-electron chi connectivity index (χ1n) is 4.83. The van der Waals surface area contributed by atoms with E-state index in [4.69, 9.17) is 5.73 Å². The summed E-state index contributed by atoms with van der Waals surface area (Å²) >= 11 is 0. The zero-order valence-corrected chi connectivity index (χ0v) is 8.52. The van der Waals surface area contributed by atoms with Gasteiger partial charge in [-0.2, -0.15) is 4.98 Å². The molecule has 0 aliphatic carbocycles. The number of aromatic amines is 2. The molecule has 0 radical (unpaired) electrons. The maximum atomic E-state index is 11.5. The number of benzene rings is 1. The number of rotatable bonds is 0. The predicted molar refractivity (Wildman–Crippen MR) is 61.8 cm³/mol. The van der Waals surface area contributed by atoms with Gasteiger partial charge in [-0.25, -0.2) is 9.78 Å². The standard InChI is InChI=1S/C10H7N5O2/c11-4-1-2-5-6(3-4)13-8-7(12-5)9(16)15-10(17)14-8/h1-3H,11H2,(H2,13,14,15,16,17). The third-order valence-corrected chi connectivity index (χ3v) is 2.38. The molecule has 0 atom stereocenters. The number of anilines is 1. The van der Waals surface area contributed by atoms with Crippen molar-refractivity contribution in [1.82, 2.24) is 19.9 Å². The molecule has 17 heavy (non-hydrogen) atoms. The van der Waals surface area contributed by atoms with Gasteiger partial charge in [0.05, 0.1) is 11.0 Å². The van der Waals surface area contributed by atoms with Gasteiger partial charge < -0.3 is 10.7 Å². The van der Waals surface area contributed by atoms with Crippen LogP contribution in [0.2, 0.25) is 0 Å². The summed E-state index contributed by atoms with van der Waals surface area (Å²) in [5.74, 6) is 0.150. The fraction of sp³-hybridized carbons (Fsp3) is 0. The van der Waals surface area contributed by atoms with Crippen LogP contribution in [0.25, 0.3) is 22.6 Å². The molecule has 0 amide bonds. The van der Waals surface area contributed by atoms with Crippen LogP contribution in [0.15, 0.2) is 27.8 Å². The van der Waals surface area contributed by atoms with E-state index in [0.29, 0.717) is 16.7 Å². The average Bonchev–Trinajstić information content (AvgIpc) is 2.26. The second-order valence-corrected chi connectivity index (χ2v) is 3.58. The van der Waals surface area contributed by atoms with Crippen molar-refractivity contribution in [2.75, 3.05) is 5.73 Å². The van der Waals surface area contributed by atoms with Crippen molar-refractivity contribution in [3.8, 4) is 11.5 Å². The molecule has 0 fully saturated rings. The van der Waals surface area contributed by atoms with Crippen molar-refractivity contribution < 1.29 is 0 Å². The molecule has 2 aliphatic rings. The van der Waals surface area contributed by atoms with Crippen LogP contribution in [0, 0.1) is 0 Å². The average molecular weight is 229 g/mol. The van der Waals surface area contributed by atoms with E-state index in [0.717, 1.165) is 0 Å². The zero-order chi connectivity index (χ0) is 12.0. The van der Waals surface area contributed by atoms with Crippen molar-refractivity contribution in [2.24, 2.45) is 0 Å². The summed E-state index contributed by atoms with van der Waals surface area (Å²) in [6.45, 7) is 0. The molecule has 7 nitrogen and oxygen atoms in total. The maximum absolute atomic E-state index is 11.5. The van der Waals surface area contributed by atoms with Gasteiger partial charge in [0.15, 0.2) is 11.5 Å². The molecule has 0 unspecified atom stereocenters. The van der Waals surface area contributed by atoms with Gasteiger partial charge in [-0.3, -0.25) is 9.78 Å². The van der Waals surface area contributed by atoms with Crippen LogP contribution >= 0.6 is 0 Å². The summed E-state index contributed by atoms with van der Waals surface area (Å²) in [7, 11) is 0. The Morgan fingerprint density at radius 1 is 1.12 bits per heavy atom. The van der Waals surface area contributed by atoms with Crippen LogP contribution in [0.1, 0.15) is 0 Å². The molecular weight excluding hydrogens is 222 g/mol. The maximum Gasteiger partial charge on any atom is 0.349 e. The smallest absolute Gasteiger partial charge is 0.349 e. The lowest BCUT2D eigenvalue weighted by Gasteiger charge is -2.05. The van der Waals surface area contributed by atoms with Crippen LogP contribution in [0.4, 0.5) is 5.69 Å². The molecule has 0 saturated carbocycles. The number of aromatic nitrogens is 4. The Morgan fingerprint density at radius 2 is 1.94 bits per heavy atom. The third kappa shape index (κ3) is 1.44. The Labute approximate surface area is 93.7 Å². The van der Waals surface area contributed by atoms with Crippen LogP contribution < -0.4 is 17.0 Å². The van der Waals surface area contributed by atoms with E-state index in [9.17, 15) is 9.59 Å². The van der Waals surface area contributed by atoms with E-state index in [-0.39, 0.29) is 11.5 Å². The number of nitrogens with zero attached hydrogens (tertiary/aromatic N) is 2. The Kier molecular flexibility index (Phi) is 1.76. The molecule has 2 aliphatic heterocycles. The molecular formula is C10H7N5O2. The van der Waals surface area contributed by atoms with Crippen molar-refractivity contribution in [3.05, 3.63) is 39.0 Å². The first-order chi connectivity index (χ1) is 8.13. The lowest BCUT2D eigenvalue weighted by molar-refractivity contribution is 0.990. The topological polar surface area (TPSA) is 118 Å². The quantitative estimate of drug-likeness (QED) is 0.361. The van der Waals surface area contributed by atoms with E-state index in [2.05, 4.69) is 19.9 Å². The fourth-order valence-corrected chi connectivity index (χ4v) is 1.64. The molecule has 1 aromatic rings. The molecule has 0 saturated heterocycles. The van der Waals surface area contributed by atoms with Crippen LogP contribution in [-0.4, -0.2) is 19.9 Å². The van der Waals surface area contributed by atoms with Gasteiger partial charge in [0.2, 0.25) is 0 Å². The highest BCUT2D eigenvalue weighted by Crippen LogP contribution is 2.17. The van der Waals surface area contributed by atoms with Gasteiger partial charge >= 0.3 is 5.69 Å². The minimum atomic E-state index is -0.705. The molecule has 2 heterocycles. The molecule has 84 valence electrons. The molecule has 1 aromatic carbocycles. The summed E-state index contributed by atoms with van der Waals surface area (Å²) in [4.78, 5) is 35.3. The van der Waals surface area contributed by atoms with Crippen LogP contribution in [0.3, 0.4) is 0 Å². The van der Waals surface area contributed by atoms with E-state index in [1.54, 1.807) is 18.2 Å². The second kappa shape index (κ2) is 3.14. The minimum absolute atomic E-state index is 0.0990. The van der Waals surface area contributed by atoms with E-state index in [1.165, 1.54) is 0 Å². The van der Waals surface area contributed by atoms with Crippen molar-refractivity contribution >= 4 is 16.7 Å². The number of nitrogens with one attached hydrogen (secondary N) is 2. The number of nitrogen functional groups attached to an aromatic ring is 1. The summed E-state index contributed by atoms with van der Waals surface area (Å²) in [6.07, 6.45) is 0. The lowest BCUT2D eigenvalue weighted by atomic mass is 10.2. The van der Waals surface area contributed by atoms with Crippen molar-refractivity contribution in [1.29, 1.82) is 0 Å². The van der Waals surface area contributed by atoms with E-state index < -0.39 is 11.2 Å². The summed E-state index contributed by atoms with van der Waals surface area (Å²) in [5, 5.41) is 0. The Bertz CT molecular complexity index is 804. The predicted octanol–water partition coefficient (Wildman–Crippen LogP) is -0.307. The number of fused-ring (bicyclic) bond motifs is 2. The number of nitrogens with two attached hydrogens (primary N) is 1. The molecule has 0 bridgehead atoms. The summed E-state index contributed by atoms with van der Waals surface area (Å²) in [6, 6.07) is 5.03. The van der Waals surface area contributed by atoms with Gasteiger partial charge in [0.1, 0.15) is 0 Å². The van der Waals surface area contributed by atoms with Gasteiger partial charge in [-0.15, -0.1) is 0 Å². The Morgan fingerprint density at radius 3 is 2.76 bits per heavy atom. The first kappa shape index (κ1) is 9.52. The molecule has 0 aromatic heterocycles. The summed E-state index contributed by atoms with van der Waals surface area (Å²) in [5.41, 5.74) is 6.22. The minimum Gasteiger partial charge on any atom is -0.399 e. The monoisotopic (exact) mass is 229 g/mol.